The number of anilines is 1. The van der Waals surface area contributed by atoms with Crippen molar-refractivity contribution < 1.29 is 9.66 Å². The molecular weight excluding hydrogens is 344 g/mol. The van der Waals surface area contributed by atoms with Gasteiger partial charge in [0.1, 0.15) is 12.3 Å². The maximum Gasteiger partial charge on any atom is 0.293 e. The Labute approximate surface area is 156 Å². The minimum Gasteiger partial charge on any atom is -0.473 e. The second-order valence-electron chi connectivity index (χ2n) is 5.73. The van der Waals surface area contributed by atoms with Gasteiger partial charge in [0.05, 0.1) is 16.6 Å². The van der Waals surface area contributed by atoms with Crippen LogP contribution in [0.5, 0.6) is 5.88 Å². The Bertz CT molecular complexity index is 984. The van der Waals surface area contributed by atoms with Crippen LogP contribution in [-0.4, -0.2) is 9.91 Å². The Morgan fingerprint density at radius 1 is 1.11 bits per heavy atom. The van der Waals surface area contributed by atoms with Crippen LogP contribution >= 0.6 is 0 Å². The van der Waals surface area contributed by atoms with E-state index < -0.39 is 4.92 Å². The number of nitrogens with zero attached hydrogens (tertiary/aromatic N) is 3. The monoisotopic (exact) mass is 360 g/mol. The highest BCUT2D eigenvalue weighted by Gasteiger charge is 2.14. The summed E-state index contributed by atoms with van der Waals surface area (Å²) < 4.78 is 5.69. The van der Waals surface area contributed by atoms with Crippen LogP contribution in [0.2, 0.25) is 0 Å². The summed E-state index contributed by atoms with van der Waals surface area (Å²) in [6.07, 6.45) is 1.63. The first-order chi connectivity index (χ1) is 13.2. The molecule has 3 rings (SSSR count). The van der Waals surface area contributed by atoms with Crippen LogP contribution in [0.15, 0.2) is 66.9 Å². The van der Waals surface area contributed by atoms with E-state index in [2.05, 4.69) is 10.3 Å². The van der Waals surface area contributed by atoms with Crippen molar-refractivity contribution in [1.82, 2.24) is 4.98 Å². The Kier molecular flexibility index (Phi) is 5.60. The van der Waals surface area contributed by atoms with Crippen LogP contribution in [0.1, 0.15) is 16.7 Å². The van der Waals surface area contributed by atoms with Gasteiger partial charge in [-0.1, -0.05) is 30.3 Å². The topological polar surface area (TPSA) is 101 Å². The molecule has 0 amide bonds. The van der Waals surface area contributed by atoms with Gasteiger partial charge in [-0.15, -0.1) is 0 Å². The molecule has 2 aromatic carbocycles. The van der Waals surface area contributed by atoms with Gasteiger partial charge in [0.25, 0.3) is 5.69 Å². The lowest BCUT2D eigenvalue weighted by molar-refractivity contribution is -0.384. The van der Waals surface area contributed by atoms with Gasteiger partial charge in [-0.25, -0.2) is 4.98 Å². The standard InChI is InChI=1S/C20H16N4O3/c21-12-16-6-7-18(19(10-16)24(25)26)23-13-17-8-9-22-20(11-17)27-14-15-4-2-1-3-5-15/h1-11,23H,13-14H2. The largest absolute Gasteiger partial charge is 0.473 e. The summed E-state index contributed by atoms with van der Waals surface area (Å²) in [5.74, 6) is 0.479. The number of nitro groups is 1. The van der Waals surface area contributed by atoms with E-state index in [4.69, 9.17) is 10.00 Å². The summed E-state index contributed by atoms with van der Waals surface area (Å²) in [4.78, 5) is 14.9. The summed E-state index contributed by atoms with van der Waals surface area (Å²) >= 11 is 0. The number of rotatable bonds is 7. The van der Waals surface area contributed by atoms with Gasteiger partial charge in [0.2, 0.25) is 5.88 Å². The number of nitriles is 1. The average molecular weight is 360 g/mol. The molecule has 1 N–H and O–H groups in total. The second-order valence-corrected chi connectivity index (χ2v) is 5.73. The Hall–Kier alpha value is -3.92. The van der Waals surface area contributed by atoms with Crippen LogP contribution < -0.4 is 10.1 Å². The highest BCUT2D eigenvalue weighted by Crippen LogP contribution is 2.26. The van der Waals surface area contributed by atoms with Gasteiger partial charge in [-0.3, -0.25) is 10.1 Å². The highest BCUT2D eigenvalue weighted by molar-refractivity contribution is 5.64. The molecule has 0 saturated carbocycles. The fourth-order valence-electron chi connectivity index (χ4n) is 2.47. The number of hydrogen-bond donors (Lipinski definition) is 1. The van der Waals surface area contributed by atoms with E-state index in [0.29, 0.717) is 24.7 Å². The normalized spacial score (nSPS) is 10.0. The molecule has 134 valence electrons. The van der Waals surface area contributed by atoms with Crippen molar-refractivity contribution in [3.8, 4) is 11.9 Å². The average Bonchev–Trinajstić information content (AvgIpc) is 2.71. The SMILES string of the molecule is N#Cc1ccc(NCc2ccnc(OCc3ccccc3)c2)c([N+](=O)[O-])c1. The first-order valence-corrected chi connectivity index (χ1v) is 8.20. The minimum atomic E-state index is -0.510. The third kappa shape index (κ3) is 4.80. The van der Waals surface area contributed by atoms with Gasteiger partial charge < -0.3 is 10.1 Å². The molecule has 1 heterocycles. The second kappa shape index (κ2) is 8.45. The van der Waals surface area contributed by atoms with E-state index in [0.717, 1.165) is 11.1 Å². The van der Waals surface area contributed by atoms with Crippen molar-refractivity contribution in [1.29, 1.82) is 5.26 Å². The molecule has 0 unspecified atom stereocenters. The first-order valence-electron chi connectivity index (χ1n) is 8.20. The molecule has 3 aromatic rings. The Morgan fingerprint density at radius 2 is 1.93 bits per heavy atom. The zero-order chi connectivity index (χ0) is 19.1. The molecular formula is C20H16N4O3. The third-order valence-corrected chi connectivity index (χ3v) is 3.84. The molecule has 0 fully saturated rings. The van der Waals surface area contributed by atoms with Crippen LogP contribution in [-0.2, 0) is 13.2 Å². The molecule has 0 saturated heterocycles. The Morgan fingerprint density at radius 3 is 2.67 bits per heavy atom. The third-order valence-electron chi connectivity index (χ3n) is 3.84. The molecule has 0 aliphatic heterocycles. The predicted molar refractivity (Wildman–Crippen MR) is 100 cm³/mol. The molecule has 0 aliphatic rings. The summed E-state index contributed by atoms with van der Waals surface area (Å²) in [5, 5.41) is 23.1. The van der Waals surface area contributed by atoms with E-state index in [1.54, 1.807) is 18.3 Å². The molecule has 27 heavy (non-hydrogen) atoms. The van der Waals surface area contributed by atoms with E-state index in [1.165, 1.54) is 18.2 Å². The lowest BCUT2D eigenvalue weighted by Gasteiger charge is -2.09. The van der Waals surface area contributed by atoms with Crippen molar-refractivity contribution in [3.05, 3.63) is 93.7 Å². The summed E-state index contributed by atoms with van der Waals surface area (Å²) in [7, 11) is 0. The lowest BCUT2D eigenvalue weighted by atomic mass is 10.2. The molecule has 0 radical (unpaired) electrons. The highest BCUT2D eigenvalue weighted by atomic mass is 16.6. The maximum atomic E-state index is 11.2. The van der Waals surface area contributed by atoms with Gasteiger partial charge in [-0.05, 0) is 29.3 Å². The van der Waals surface area contributed by atoms with E-state index in [9.17, 15) is 10.1 Å². The molecule has 7 nitrogen and oxygen atoms in total. The van der Waals surface area contributed by atoms with Crippen molar-refractivity contribution in [2.45, 2.75) is 13.2 Å². The fraction of sp³-hybridized carbons (Fsp3) is 0.100. The van der Waals surface area contributed by atoms with Crippen molar-refractivity contribution in [3.63, 3.8) is 0 Å². The molecule has 1 aromatic heterocycles. The zero-order valence-electron chi connectivity index (χ0n) is 14.3. The molecule has 0 bridgehead atoms. The minimum absolute atomic E-state index is 0.136. The fourth-order valence-corrected chi connectivity index (χ4v) is 2.47. The zero-order valence-corrected chi connectivity index (χ0v) is 14.3. The summed E-state index contributed by atoms with van der Waals surface area (Å²) in [6, 6.07) is 19.6. The number of benzene rings is 2. The van der Waals surface area contributed by atoms with Gasteiger partial charge >= 0.3 is 0 Å². The molecule has 0 spiro atoms. The number of aromatic nitrogens is 1. The van der Waals surface area contributed by atoms with Crippen molar-refractivity contribution >= 4 is 11.4 Å². The molecule has 7 heteroatoms. The number of pyridine rings is 1. The van der Waals surface area contributed by atoms with E-state index in [-0.39, 0.29) is 11.3 Å². The summed E-state index contributed by atoms with van der Waals surface area (Å²) in [5.41, 5.74) is 2.36. The number of nitrogens with one attached hydrogen (secondary N) is 1. The first kappa shape index (κ1) is 17.9. The number of ether oxygens (including phenoxy) is 1. The van der Waals surface area contributed by atoms with E-state index in [1.807, 2.05) is 36.4 Å². The van der Waals surface area contributed by atoms with Crippen LogP contribution in [0.4, 0.5) is 11.4 Å². The van der Waals surface area contributed by atoms with Gasteiger partial charge in [0.15, 0.2) is 0 Å². The van der Waals surface area contributed by atoms with Crippen molar-refractivity contribution in [2.75, 3.05) is 5.32 Å². The smallest absolute Gasteiger partial charge is 0.293 e. The number of nitro benzene ring substituents is 1. The van der Waals surface area contributed by atoms with Gasteiger partial charge in [-0.2, -0.15) is 5.26 Å². The van der Waals surface area contributed by atoms with Crippen molar-refractivity contribution in [2.24, 2.45) is 0 Å². The number of hydrogen-bond acceptors (Lipinski definition) is 6. The predicted octanol–water partition coefficient (Wildman–Crippen LogP) is 4.05. The van der Waals surface area contributed by atoms with Crippen LogP contribution in [0.25, 0.3) is 0 Å². The van der Waals surface area contributed by atoms with Crippen LogP contribution in [0, 0.1) is 21.4 Å². The van der Waals surface area contributed by atoms with Gasteiger partial charge in [0, 0.05) is 24.9 Å². The maximum absolute atomic E-state index is 11.2. The van der Waals surface area contributed by atoms with Crippen LogP contribution in [0.3, 0.4) is 0 Å². The molecule has 0 aliphatic carbocycles. The lowest BCUT2D eigenvalue weighted by Crippen LogP contribution is -2.04. The quantitative estimate of drug-likeness (QED) is 0.504. The van der Waals surface area contributed by atoms with E-state index >= 15 is 0 Å². The molecule has 0 atom stereocenters. The Balaban J connectivity index is 1.67. The summed E-state index contributed by atoms with van der Waals surface area (Å²) in [6.45, 7) is 0.767.